The summed E-state index contributed by atoms with van der Waals surface area (Å²) < 4.78 is 27.6. The Hall–Kier alpha value is -2.06. The number of sulfonamides is 1. The maximum Gasteiger partial charge on any atom is 0.240 e. The van der Waals surface area contributed by atoms with Gasteiger partial charge in [0.25, 0.3) is 0 Å². The lowest BCUT2D eigenvalue weighted by Crippen LogP contribution is -2.18. The average Bonchev–Trinajstić information content (AvgIpc) is 2.76. The van der Waals surface area contributed by atoms with Crippen molar-refractivity contribution >= 4 is 21.4 Å². The predicted molar refractivity (Wildman–Crippen MR) is 82.4 cm³/mol. The van der Waals surface area contributed by atoms with Gasteiger partial charge in [-0.05, 0) is 32.2 Å². The molecule has 7 nitrogen and oxygen atoms in total. The summed E-state index contributed by atoms with van der Waals surface area (Å²) in [5, 5.41) is 7.40. The topological polar surface area (TPSA) is 102 Å². The molecule has 1 aromatic heterocycles. The van der Waals surface area contributed by atoms with Gasteiger partial charge in [-0.15, -0.1) is 0 Å². The number of nitrogens with one attached hydrogen (secondary N) is 2. The van der Waals surface area contributed by atoms with Gasteiger partial charge < -0.3 is 11.1 Å². The van der Waals surface area contributed by atoms with Crippen LogP contribution < -0.4 is 15.8 Å². The third kappa shape index (κ3) is 3.34. The Bertz CT molecular complexity index is 752. The molecule has 0 bridgehead atoms. The van der Waals surface area contributed by atoms with Gasteiger partial charge in [0, 0.05) is 25.4 Å². The Morgan fingerprint density at radius 2 is 2.10 bits per heavy atom. The summed E-state index contributed by atoms with van der Waals surface area (Å²) in [7, 11) is -0.262. The second kappa shape index (κ2) is 5.74. The molecule has 0 fully saturated rings. The van der Waals surface area contributed by atoms with E-state index in [1.165, 1.54) is 19.2 Å². The molecule has 2 rings (SSSR count). The molecule has 0 amide bonds. The van der Waals surface area contributed by atoms with Crippen LogP contribution in [0, 0.1) is 6.92 Å². The minimum absolute atomic E-state index is 0.171. The summed E-state index contributed by atoms with van der Waals surface area (Å²) in [6.07, 6.45) is 1.91. The van der Waals surface area contributed by atoms with Crippen molar-refractivity contribution in [1.29, 1.82) is 0 Å². The highest BCUT2D eigenvalue weighted by atomic mass is 32.2. The fourth-order valence-electron chi connectivity index (χ4n) is 1.99. The SMILES string of the molecule is CNS(=O)(=O)c1ccc(N)c(NCc2cn(C)nc2C)c1. The number of hydrogen-bond acceptors (Lipinski definition) is 5. The van der Waals surface area contributed by atoms with Gasteiger partial charge >= 0.3 is 0 Å². The van der Waals surface area contributed by atoms with E-state index in [-0.39, 0.29) is 4.90 Å². The average molecular weight is 309 g/mol. The van der Waals surface area contributed by atoms with Crippen LogP contribution in [0.2, 0.25) is 0 Å². The van der Waals surface area contributed by atoms with Crippen LogP contribution in [0.1, 0.15) is 11.3 Å². The number of rotatable bonds is 5. The van der Waals surface area contributed by atoms with Crippen LogP contribution in [-0.2, 0) is 23.6 Å². The minimum Gasteiger partial charge on any atom is -0.397 e. The van der Waals surface area contributed by atoms with Crippen LogP contribution in [0.25, 0.3) is 0 Å². The number of nitrogens with two attached hydrogens (primary N) is 1. The van der Waals surface area contributed by atoms with E-state index in [1.807, 2.05) is 20.2 Å². The van der Waals surface area contributed by atoms with Gasteiger partial charge in [0.15, 0.2) is 0 Å². The lowest BCUT2D eigenvalue weighted by Gasteiger charge is -2.11. The molecule has 21 heavy (non-hydrogen) atoms. The molecule has 0 aliphatic rings. The molecule has 8 heteroatoms. The van der Waals surface area contributed by atoms with Crippen LogP contribution in [0.3, 0.4) is 0 Å². The molecule has 0 aliphatic heterocycles. The number of aromatic nitrogens is 2. The fraction of sp³-hybridized carbons (Fsp3) is 0.308. The Morgan fingerprint density at radius 1 is 1.38 bits per heavy atom. The second-order valence-electron chi connectivity index (χ2n) is 4.72. The number of anilines is 2. The molecule has 0 aliphatic carbocycles. The summed E-state index contributed by atoms with van der Waals surface area (Å²) in [6.45, 7) is 2.44. The van der Waals surface area contributed by atoms with Gasteiger partial charge in [-0.3, -0.25) is 4.68 Å². The number of aryl methyl sites for hydroxylation is 2. The third-order valence-corrected chi connectivity index (χ3v) is 4.60. The minimum atomic E-state index is -3.49. The third-order valence-electron chi connectivity index (χ3n) is 3.19. The van der Waals surface area contributed by atoms with Crippen LogP contribution in [-0.4, -0.2) is 25.2 Å². The monoisotopic (exact) mass is 309 g/mol. The van der Waals surface area contributed by atoms with Gasteiger partial charge in [-0.25, -0.2) is 13.1 Å². The van der Waals surface area contributed by atoms with E-state index in [1.54, 1.807) is 10.7 Å². The standard InChI is InChI=1S/C13H19N5O2S/c1-9-10(8-18(3)17-9)7-16-13-6-11(4-5-12(13)14)21(19,20)15-2/h4-6,8,15-16H,7,14H2,1-3H3. The van der Waals surface area contributed by atoms with E-state index in [9.17, 15) is 8.42 Å². The largest absolute Gasteiger partial charge is 0.397 e. The molecule has 0 atom stereocenters. The lowest BCUT2D eigenvalue weighted by molar-refractivity contribution is 0.588. The van der Waals surface area contributed by atoms with Gasteiger partial charge in [-0.2, -0.15) is 5.10 Å². The molecule has 4 N–H and O–H groups in total. The van der Waals surface area contributed by atoms with Gasteiger partial charge in [0.05, 0.1) is 22.0 Å². The lowest BCUT2D eigenvalue weighted by atomic mass is 10.2. The van der Waals surface area contributed by atoms with Crippen molar-refractivity contribution in [2.75, 3.05) is 18.1 Å². The van der Waals surface area contributed by atoms with Gasteiger partial charge in [0.2, 0.25) is 10.0 Å². The van der Waals surface area contributed by atoms with Gasteiger partial charge in [-0.1, -0.05) is 0 Å². The number of nitrogen functional groups attached to an aromatic ring is 1. The first kappa shape index (κ1) is 15.3. The highest BCUT2D eigenvalue weighted by molar-refractivity contribution is 7.89. The van der Waals surface area contributed by atoms with Crippen molar-refractivity contribution in [3.63, 3.8) is 0 Å². The van der Waals surface area contributed by atoms with Crippen LogP contribution in [0.4, 0.5) is 11.4 Å². The van der Waals surface area contributed by atoms with Crippen molar-refractivity contribution < 1.29 is 8.42 Å². The Labute approximate surface area is 124 Å². The molecular formula is C13H19N5O2S. The Balaban J connectivity index is 2.24. The van der Waals surface area contributed by atoms with E-state index in [2.05, 4.69) is 15.1 Å². The first-order valence-corrected chi connectivity index (χ1v) is 7.88. The molecular weight excluding hydrogens is 290 g/mol. The summed E-state index contributed by atoms with van der Waals surface area (Å²) in [6, 6.07) is 4.57. The van der Waals surface area contributed by atoms with Crippen molar-refractivity contribution in [1.82, 2.24) is 14.5 Å². The smallest absolute Gasteiger partial charge is 0.240 e. The zero-order chi connectivity index (χ0) is 15.6. The zero-order valence-corrected chi connectivity index (χ0v) is 13.0. The number of benzene rings is 1. The van der Waals surface area contributed by atoms with E-state index in [0.717, 1.165) is 11.3 Å². The quantitative estimate of drug-likeness (QED) is 0.710. The molecule has 1 heterocycles. The maximum atomic E-state index is 11.8. The maximum absolute atomic E-state index is 11.8. The Morgan fingerprint density at radius 3 is 2.67 bits per heavy atom. The summed E-state index contributed by atoms with van der Waals surface area (Å²) in [4.78, 5) is 0.171. The predicted octanol–water partition coefficient (Wildman–Crippen LogP) is 0.831. The zero-order valence-electron chi connectivity index (χ0n) is 12.2. The number of nitrogens with zero attached hydrogens (tertiary/aromatic N) is 2. The summed E-state index contributed by atoms with van der Waals surface area (Å²) >= 11 is 0. The summed E-state index contributed by atoms with van der Waals surface area (Å²) in [5.74, 6) is 0. The molecule has 0 radical (unpaired) electrons. The van der Waals surface area contributed by atoms with Crippen molar-refractivity contribution in [3.05, 3.63) is 35.7 Å². The van der Waals surface area contributed by atoms with Crippen molar-refractivity contribution in [2.45, 2.75) is 18.4 Å². The fourth-order valence-corrected chi connectivity index (χ4v) is 2.74. The Kier molecular flexibility index (Phi) is 4.19. The highest BCUT2D eigenvalue weighted by Crippen LogP contribution is 2.23. The van der Waals surface area contributed by atoms with E-state index in [0.29, 0.717) is 17.9 Å². The van der Waals surface area contributed by atoms with Crippen molar-refractivity contribution in [3.8, 4) is 0 Å². The first-order valence-electron chi connectivity index (χ1n) is 6.39. The first-order chi connectivity index (χ1) is 9.83. The van der Waals surface area contributed by atoms with Gasteiger partial charge in [0.1, 0.15) is 0 Å². The molecule has 0 saturated heterocycles. The summed E-state index contributed by atoms with van der Waals surface area (Å²) in [5.41, 5.74) is 8.90. The molecule has 0 spiro atoms. The molecule has 114 valence electrons. The molecule has 1 aromatic carbocycles. The van der Waals surface area contributed by atoms with Crippen LogP contribution >= 0.6 is 0 Å². The van der Waals surface area contributed by atoms with Crippen LogP contribution in [0.15, 0.2) is 29.3 Å². The van der Waals surface area contributed by atoms with E-state index >= 15 is 0 Å². The number of hydrogen-bond donors (Lipinski definition) is 3. The van der Waals surface area contributed by atoms with E-state index < -0.39 is 10.0 Å². The molecule has 0 saturated carbocycles. The molecule has 0 unspecified atom stereocenters. The van der Waals surface area contributed by atoms with E-state index in [4.69, 9.17) is 5.73 Å². The molecule has 2 aromatic rings. The second-order valence-corrected chi connectivity index (χ2v) is 6.61. The van der Waals surface area contributed by atoms with Crippen molar-refractivity contribution in [2.24, 2.45) is 7.05 Å². The normalized spacial score (nSPS) is 11.6. The van der Waals surface area contributed by atoms with Crippen LogP contribution in [0.5, 0.6) is 0 Å². The highest BCUT2D eigenvalue weighted by Gasteiger charge is 2.13.